The van der Waals surface area contributed by atoms with Crippen LogP contribution in [0.1, 0.15) is 11.1 Å². The van der Waals surface area contributed by atoms with Gasteiger partial charge in [-0.2, -0.15) is 0 Å². The van der Waals surface area contributed by atoms with Gasteiger partial charge in [-0.05, 0) is 35.4 Å². The largest absolute Gasteiger partial charge is 0.339 e. The molecule has 1 heterocycles. The van der Waals surface area contributed by atoms with E-state index in [0.29, 0.717) is 37.6 Å². The van der Waals surface area contributed by atoms with Crippen molar-refractivity contribution in [1.29, 1.82) is 0 Å². The number of halogens is 2. The van der Waals surface area contributed by atoms with Crippen molar-refractivity contribution in [3.05, 3.63) is 70.5 Å². The van der Waals surface area contributed by atoms with Crippen molar-refractivity contribution < 1.29 is 18.8 Å². The third-order valence-corrected chi connectivity index (χ3v) is 5.27. The summed E-state index contributed by atoms with van der Waals surface area (Å²) in [4.78, 5) is 40.0. The van der Waals surface area contributed by atoms with E-state index >= 15 is 0 Å². The number of nitrogens with zero attached hydrogens (tertiary/aromatic N) is 2. The molecule has 0 spiro atoms. The third-order valence-electron chi connectivity index (χ3n) is 5.02. The first kappa shape index (κ1) is 22.6. The number of hydrogen-bond donors (Lipinski definition) is 2. The zero-order valence-corrected chi connectivity index (χ0v) is 17.7. The van der Waals surface area contributed by atoms with Gasteiger partial charge in [0.2, 0.25) is 11.8 Å². The van der Waals surface area contributed by atoms with Crippen LogP contribution in [0, 0.1) is 5.82 Å². The topological polar surface area (TPSA) is 81.8 Å². The molecule has 2 aromatic carbocycles. The monoisotopic (exact) mass is 446 g/mol. The maximum absolute atomic E-state index is 12.9. The van der Waals surface area contributed by atoms with E-state index in [9.17, 15) is 18.8 Å². The van der Waals surface area contributed by atoms with Gasteiger partial charge in [0.05, 0.1) is 13.0 Å². The number of rotatable bonds is 6. The Hall–Kier alpha value is -3.13. The lowest BCUT2D eigenvalue weighted by molar-refractivity contribution is -0.138. The van der Waals surface area contributed by atoms with Crippen LogP contribution in [-0.2, 0) is 22.6 Å². The van der Waals surface area contributed by atoms with Crippen molar-refractivity contribution in [2.24, 2.45) is 0 Å². The Bertz CT molecular complexity index is 913. The van der Waals surface area contributed by atoms with E-state index in [1.807, 2.05) is 12.1 Å². The minimum Gasteiger partial charge on any atom is -0.339 e. The molecule has 0 unspecified atom stereocenters. The molecule has 2 N–H and O–H groups in total. The SMILES string of the molecule is O=C(NCC(=O)N1CCN(C(=O)Cc2ccc(Cl)cc2)CC1)NCc1ccc(F)cc1. The third kappa shape index (κ3) is 6.96. The summed E-state index contributed by atoms with van der Waals surface area (Å²) in [6.07, 6.45) is 0.293. The minimum absolute atomic E-state index is 0.00715. The number of carbonyl (C=O) groups is 3. The van der Waals surface area contributed by atoms with E-state index in [0.717, 1.165) is 11.1 Å². The fourth-order valence-corrected chi connectivity index (χ4v) is 3.33. The molecule has 0 aliphatic carbocycles. The molecule has 2 aromatic rings. The van der Waals surface area contributed by atoms with Gasteiger partial charge in [-0.15, -0.1) is 0 Å². The summed E-state index contributed by atoms with van der Waals surface area (Å²) in [6.45, 7) is 1.85. The summed E-state index contributed by atoms with van der Waals surface area (Å²) in [7, 11) is 0. The second kappa shape index (κ2) is 10.8. The molecule has 1 aliphatic heterocycles. The van der Waals surface area contributed by atoms with Crippen LogP contribution in [0.5, 0.6) is 0 Å². The number of benzene rings is 2. The smallest absolute Gasteiger partial charge is 0.315 e. The van der Waals surface area contributed by atoms with Crippen LogP contribution in [0.4, 0.5) is 9.18 Å². The maximum atomic E-state index is 12.9. The number of carbonyl (C=O) groups excluding carboxylic acids is 3. The summed E-state index contributed by atoms with van der Waals surface area (Å²) in [6, 6.07) is 12.5. The normalized spacial score (nSPS) is 13.6. The number of piperazine rings is 1. The van der Waals surface area contributed by atoms with Crippen LogP contribution < -0.4 is 10.6 Å². The standard InChI is InChI=1S/C22H24ClFN4O3/c23-18-5-1-16(2-6-18)13-20(29)27-9-11-28(12-10-27)21(30)15-26-22(31)25-14-17-3-7-19(24)8-4-17/h1-8H,9-15H2,(H2,25,26,31). The first-order valence-electron chi connectivity index (χ1n) is 9.97. The van der Waals surface area contributed by atoms with Crippen LogP contribution in [0.25, 0.3) is 0 Å². The van der Waals surface area contributed by atoms with Gasteiger partial charge in [-0.1, -0.05) is 35.9 Å². The Balaban J connectivity index is 1.35. The molecule has 164 valence electrons. The molecular weight excluding hydrogens is 423 g/mol. The molecule has 0 saturated carbocycles. The first-order valence-corrected chi connectivity index (χ1v) is 10.3. The van der Waals surface area contributed by atoms with E-state index in [1.54, 1.807) is 34.1 Å². The second-order valence-corrected chi connectivity index (χ2v) is 7.66. The van der Waals surface area contributed by atoms with Crippen LogP contribution in [0.15, 0.2) is 48.5 Å². The average Bonchev–Trinajstić information content (AvgIpc) is 2.78. The van der Waals surface area contributed by atoms with Crippen molar-refractivity contribution in [1.82, 2.24) is 20.4 Å². The fraction of sp³-hybridized carbons (Fsp3) is 0.318. The highest BCUT2D eigenvalue weighted by Gasteiger charge is 2.24. The predicted octanol–water partition coefficient (Wildman–Crippen LogP) is 2.19. The molecule has 3 rings (SSSR count). The highest BCUT2D eigenvalue weighted by molar-refractivity contribution is 6.30. The van der Waals surface area contributed by atoms with Crippen LogP contribution in [-0.4, -0.2) is 60.4 Å². The van der Waals surface area contributed by atoms with E-state index < -0.39 is 6.03 Å². The van der Waals surface area contributed by atoms with Gasteiger partial charge in [-0.25, -0.2) is 9.18 Å². The maximum Gasteiger partial charge on any atom is 0.315 e. The predicted molar refractivity (Wildman–Crippen MR) is 115 cm³/mol. The number of nitrogens with one attached hydrogen (secondary N) is 2. The lowest BCUT2D eigenvalue weighted by Gasteiger charge is -2.35. The highest BCUT2D eigenvalue weighted by Crippen LogP contribution is 2.12. The van der Waals surface area contributed by atoms with Gasteiger partial charge < -0.3 is 20.4 Å². The Labute approximate surface area is 185 Å². The Morgan fingerprint density at radius 1 is 0.806 bits per heavy atom. The molecule has 0 radical (unpaired) electrons. The second-order valence-electron chi connectivity index (χ2n) is 7.23. The highest BCUT2D eigenvalue weighted by atomic mass is 35.5. The quantitative estimate of drug-likeness (QED) is 0.713. The minimum atomic E-state index is -0.477. The molecule has 1 aliphatic rings. The van der Waals surface area contributed by atoms with Gasteiger partial charge in [-0.3, -0.25) is 9.59 Å². The van der Waals surface area contributed by atoms with E-state index in [1.165, 1.54) is 12.1 Å². The van der Waals surface area contributed by atoms with Gasteiger partial charge >= 0.3 is 6.03 Å². The molecule has 0 atom stereocenters. The molecule has 1 fully saturated rings. The van der Waals surface area contributed by atoms with E-state index in [4.69, 9.17) is 11.6 Å². The summed E-state index contributed by atoms with van der Waals surface area (Å²) in [5.74, 6) is -0.542. The van der Waals surface area contributed by atoms with Gasteiger partial charge in [0.15, 0.2) is 0 Å². The summed E-state index contributed by atoms with van der Waals surface area (Å²) in [5, 5.41) is 5.77. The lowest BCUT2D eigenvalue weighted by Crippen LogP contribution is -2.53. The Morgan fingerprint density at radius 3 is 1.97 bits per heavy atom. The summed E-state index contributed by atoms with van der Waals surface area (Å²) in [5.41, 5.74) is 1.64. The molecule has 1 saturated heterocycles. The number of hydrogen-bond acceptors (Lipinski definition) is 3. The molecule has 31 heavy (non-hydrogen) atoms. The summed E-state index contributed by atoms with van der Waals surface area (Å²) >= 11 is 5.86. The number of amides is 4. The van der Waals surface area contributed by atoms with Crippen molar-refractivity contribution in [3.63, 3.8) is 0 Å². The fourth-order valence-electron chi connectivity index (χ4n) is 3.21. The zero-order valence-electron chi connectivity index (χ0n) is 16.9. The Morgan fingerprint density at radius 2 is 1.35 bits per heavy atom. The van der Waals surface area contributed by atoms with Crippen LogP contribution in [0.2, 0.25) is 5.02 Å². The van der Waals surface area contributed by atoms with Crippen molar-refractivity contribution in [3.8, 4) is 0 Å². The van der Waals surface area contributed by atoms with Crippen molar-refractivity contribution >= 4 is 29.4 Å². The average molecular weight is 447 g/mol. The van der Waals surface area contributed by atoms with Crippen LogP contribution in [0.3, 0.4) is 0 Å². The molecular formula is C22H24ClFN4O3. The molecule has 0 bridgehead atoms. The van der Waals surface area contributed by atoms with E-state index in [-0.39, 0.29) is 30.7 Å². The molecule has 4 amide bonds. The zero-order chi connectivity index (χ0) is 22.2. The van der Waals surface area contributed by atoms with Crippen molar-refractivity contribution in [2.75, 3.05) is 32.7 Å². The molecule has 7 nitrogen and oxygen atoms in total. The number of urea groups is 1. The van der Waals surface area contributed by atoms with E-state index in [2.05, 4.69) is 10.6 Å². The Kier molecular flexibility index (Phi) is 7.83. The molecule has 0 aromatic heterocycles. The summed E-state index contributed by atoms with van der Waals surface area (Å²) < 4.78 is 12.9. The first-order chi connectivity index (χ1) is 14.9. The van der Waals surface area contributed by atoms with Gasteiger partial charge in [0.1, 0.15) is 5.82 Å². The van der Waals surface area contributed by atoms with Crippen LogP contribution >= 0.6 is 11.6 Å². The van der Waals surface area contributed by atoms with Crippen molar-refractivity contribution in [2.45, 2.75) is 13.0 Å². The van der Waals surface area contributed by atoms with Gasteiger partial charge in [0, 0.05) is 37.7 Å². The molecule has 9 heteroatoms. The van der Waals surface area contributed by atoms with Gasteiger partial charge in [0.25, 0.3) is 0 Å². The lowest BCUT2D eigenvalue weighted by atomic mass is 10.1.